The monoisotopic (exact) mass is 312 g/mol. The van der Waals surface area contributed by atoms with Crippen molar-refractivity contribution in [3.05, 3.63) is 71.3 Å². The van der Waals surface area contributed by atoms with E-state index in [1.165, 1.54) is 12.1 Å². The van der Waals surface area contributed by atoms with Gasteiger partial charge in [0.2, 0.25) is 0 Å². The number of hydrogen-bond donors (Lipinski definition) is 1. The molecule has 2 aromatic rings. The molecule has 1 atom stereocenters. The molecule has 0 saturated heterocycles. The lowest BCUT2D eigenvalue weighted by Gasteiger charge is -2.20. The number of hydrogen-bond acceptors (Lipinski definition) is 3. The first-order chi connectivity index (χ1) is 11.0. The average Bonchev–Trinajstić information content (AvgIpc) is 2.54. The van der Waals surface area contributed by atoms with E-state index in [-0.39, 0.29) is 11.1 Å². The largest absolute Gasteiger partial charge is 0.478 e. The molecule has 2 aromatic carbocycles. The Morgan fingerprint density at radius 3 is 2.09 bits per heavy atom. The molecule has 23 heavy (non-hydrogen) atoms. The molecule has 0 amide bonds. The second kappa shape index (κ2) is 7.58. The van der Waals surface area contributed by atoms with E-state index < -0.39 is 18.0 Å². The molecule has 120 valence electrons. The molecular formula is C19H20O4. The summed E-state index contributed by atoms with van der Waals surface area (Å²) in [4.78, 5) is 23.7. The molecule has 4 nitrogen and oxygen atoms in total. The summed E-state index contributed by atoms with van der Waals surface area (Å²) in [5, 5.41) is 9.20. The van der Waals surface area contributed by atoms with Gasteiger partial charge in [0.25, 0.3) is 0 Å². The summed E-state index contributed by atoms with van der Waals surface area (Å²) < 4.78 is 5.62. The molecule has 0 bridgehead atoms. The van der Waals surface area contributed by atoms with Crippen LogP contribution in [-0.2, 0) is 4.74 Å². The molecule has 0 saturated carbocycles. The molecule has 4 heteroatoms. The second-order valence-corrected chi connectivity index (χ2v) is 5.78. The highest BCUT2D eigenvalue weighted by Gasteiger charge is 2.22. The van der Waals surface area contributed by atoms with Gasteiger partial charge in [-0.3, -0.25) is 0 Å². The van der Waals surface area contributed by atoms with Crippen molar-refractivity contribution in [1.29, 1.82) is 0 Å². The highest BCUT2D eigenvalue weighted by atomic mass is 16.5. The van der Waals surface area contributed by atoms with Crippen LogP contribution < -0.4 is 0 Å². The number of esters is 1. The minimum Gasteiger partial charge on any atom is -0.478 e. The van der Waals surface area contributed by atoms with Gasteiger partial charge in [0.1, 0.15) is 6.10 Å². The number of benzene rings is 2. The Morgan fingerprint density at radius 2 is 1.52 bits per heavy atom. The standard InChI is InChI=1S/C19H20O4/c1-13(2)12-17(14-8-4-3-5-9-14)23-19(22)16-11-7-6-10-15(16)18(20)21/h3-11,13,17H,12H2,1-2H3,(H,20,21)/t17-/m1/s1. The molecule has 0 radical (unpaired) electrons. The first kappa shape index (κ1) is 16.7. The van der Waals surface area contributed by atoms with E-state index >= 15 is 0 Å². The SMILES string of the molecule is CC(C)C[C@@H](OC(=O)c1ccccc1C(=O)O)c1ccccc1. The van der Waals surface area contributed by atoms with Crippen molar-refractivity contribution in [2.75, 3.05) is 0 Å². The number of carboxylic acids is 1. The number of ether oxygens (including phenoxy) is 1. The third-order valence-electron chi connectivity index (χ3n) is 3.48. The molecule has 0 fully saturated rings. The van der Waals surface area contributed by atoms with E-state index in [4.69, 9.17) is 4.74 Å². The van der Waals surface area contributed by atoms with Crippen LogP contribution in [0.25, 0.3) is 0 Å². The van der Waals surface area contributed by atoms with Crippen molar-refractivity contribution in [2.45, 2.75) is 26.4 Å². The Hall–Kier alpha value is -2.62. The lowest BCUT2D eigenvalue weighted by Crippen LogP contribution is -2.16. The van der Waals surface area contributed by atoms with Crippen molar-refractivity contribution < 1.29 is 19.4 Å². The smallest absolute Gasteiger partial charge is 0.339 e. The van der Waals surface area contributed by atoms with Crippen LogP contribution in [0.4, 0.5) is 0 Å². The minimum atomic E-state index is -1.14. The minimum absolute atomic E-state index is 0.0474. The predicted molar refractivity (Wildman–Crippen MR) is 87.5 cm³/mol. The topological polar surface area (TPSA) is 63.6 Å². The number of carbonyl (C=O) groups is 2. The molecular weight excluding hydrogens is 292 g/mol. The third-order valence-corrected chi connectivity index (χ3v) is 3.48. The Kier molecular flexibility index (Phi) is 5.52. The van der Waals surface area contributed by atoms with Gasteiger partial charge >= 0.3 is 11.9 Å². The quantitative estimate of drug-likeness (QED) is 0.806. The van der Waals surface area contributed by atoms with Crippen molar-refractivity contribution in [3.8, 4) is 0 Å². The summed E-state index contributed by atoms with van der Waals surface area (Å²) in [5.41, 5.74) is 0.931. The predicted octanol–water partition coefficient (Wildman–Crippen LogP) is 4.33. The van der Waals surface area contributed by atoms with Crippen LogP contribution in [-0.4, -0.2) is 17.0 Å². The summed E-state index contributed by atoms with van der Waals surface area (Å²) in [6, 6.07) is 15.6. The lowest BCUT2D eigenvalue weighted by molar-refractivity contribution is 0.0243. The third kappa shape index (κ3) is 4.42. The molecule has 0 spiro atoms. The van der Waals surface area contributed by atoms with Gasteiger partial charge in [-0.05, 0) is 30.0 Å². The molecule has 1 N–H and O–H groups in total. The first-order valence-corrected chi connectivity index (χ1v) is 7.57. The van der Waals surface area contributed by atoms with Gasteiger partial charge in [-0.2, -0.15) is 0 Å². The van der Waals surface area contributed by atoms with Crippen molar-refractivity contribution in [3.63, 3.8) is 0 Å². The molecule has 0 aliphatic carbocycles. The maximum atomic E-state index is 12.4. The Bertz CT molecular complexity index is 677. The van der Waals surface area contributed by atoms with Crippen LogP contribution >= 0.6 is 0 Å². The fourth-order valence-electron chi connectivity index (χ4n) is 2.39. The van der Waals surface area contributed by atoms with E-state index in [0.29, 0.717) is 12.3 Å². The number of rotatable bonds is 6. The first-order valence-electron chi connectivity index (χ1n) is 7.57. The number of carbonyl (C=O) groups excluding carboxylic acids is 1. The van der Waals surface area contributed by atoms with Gasteiger partial charge in [-0.25, -0.2) is 9.59 Å². The fraction of sp³-hybridized carbons (Fsp3) is 0.263. The van der Waals surface area contributed by atoms with Gasteiger partial charge in [-0.15, -0.1) is 0 Å². The Balaban J connectivity index is 2.26. The Labute approximate surface area is 135 Å². The highest BCUT2D eigenvalue weighted by molar-refractivity contribution is 6.02. The Morgan fingerprint density at radius 1 is 0.957 bits per heavy atom. The molecule has 0 aliphatic heterocycles. The zero-order chi connectivity index (χ0) is 16.8. The van der Waals surface area contributed by atoms with Gasteiger partial charge in [0.05, 0.1) is 11.1 Å². The normalized spacial score (nSPS) is 12.0. The van der Waals surface area contributed by atoms with Crippen LogP contribution in [0.15, 0.2) is 54.6 Å². The molecule has 0 unspecified atom stereocenters. The number of aromatic carboxylic acids is 1. The van der Waals surface area contributed by atoms with E-state index in [0.717, 1.165) is 5.56 Å². The second-order valence-electron chi connectivity index (χ2n) is 5.78. The zero-order valence-corrected chi connectivity index (χ0v) is 13.2. The van der Waals surface area contributed by atoms with E-state index in [1.807, 2.05) is 30.3 Å². The molecule has 0 aliphatic rings. The van der Waals surface area contributed by atoms with Crippen LogP contribution in [0.5, 0.6) is 0 Å². The maximum Gasteiger partial charge on any atom is 0.339 e. The maximum absolute atomic E-state index is 12.4. The van der Waals surface area contributed by atoms with E-state index in [1.54, 1.807) is 12.1 Å². The van der Waals surface area contributed by atoms with Gasteiger partial charge in [-0.1, -0.05) is 56.3 Å². The van der Waals surface area contributed by atoms with Crippen molar-refractivity contribution >= 4 is 11.9 Å². The van der Waals surface area contributed by atoms with Gasteiger partial charge in [0, 0.05) is 0 Å². The fourth-order valence-corrected chi connectivity index (χ4v) is 2.39. The van der Waals surface area contributed by atoms with Crippen molar-refractivity contribution in [1.82, 2.24) is 0 Å². The lowest BCUT2D eigenvalue weighted by atomic mass is 9.99. The van der Waals surface area contributed by atoms with Gasteiger partial charge in [0.15, 0.2) is 0 Å². The average molecular weight is 312 g/mol. The summed E-state index contributed by atoms with van der Waals surface area (Å²) in [7, 11) is 0. The summed E-state index contributed by atoms with van der Waals surface area (Å²) >= 11 is 0. The molecule has 0 heterocycles. The van der Waals surface area contributed by atoms with Gasteiger partial charge < -0.3 is 9.84 Å². The van der Waals surface area contributed by atoms with Crippen LogP contribution in [0.3, 0.4) is 0 Å². The van der Waals surface area contributed by atoms with Crippen LogP contribution in [0, 0.1) is 5.92 Å². The summed E-state index contributed by atoms with van der Waals surface area (Å²) in [6.07, 6.45) is 0.274. The zero-order valence-electron chi connectivity index (χ0n) is 13.2. The van der Waals surface area contributed by atoms with Crippen molar-refractivity contribution in [2.24, 2.45) is 5.92 Å². The molecule has 2 rings (SSSR count). The number of carboxylic acid groups (broad SMARTS) is 1. The van der Waals surface area contributed by atoms with E-state index in [9.17, 15) is 14.7 Å². The van der Waals surface area contributed by atoms with Crippen LogP contribution in [0.2, 0.25) is 0 Å². The van der Waals surface area contributed by atoms with Crippen LogP contribution in [0.1, 0.15) is 52.7 Å². The summed E-state index contributed by atoms with van der Waals surface area (Å²) in [5.74, 6) is -1.42. The highest BCUT2D eigenvalue weighted by Crippen LogP contribution is 2.26. The molecule has 0 aromatic heterocycles. The summed E-state index contributed by atoms with van der Waals surface area (Å²) in [6.45, 7) is 4.10. The van der Waals surface area contributed by atoms with E-state index in [2.05, 4.69) is 13.8 Å².